The number of aryl methyl sites for hydroxylation is 2. The molecule has 0 saturated heterocycles. The molecular formula is C23H24N4O3S. The average Bonchev–Trinajstić information content (AvgIpc) is 3.26. The Morgan fingerprint density at radius 3 is 2.87 bits per heavy atom. The van der Waals surface area contributed by atoms with Crippen molar-refractivity contribution in [2.45, 2.75) is 25.3 Å². The molecule has 0 fully saturated rings. The molecule has 0 saturated carbocycles. The minimum Gasteiger partial charge on any atom is -0.469 e. The number of anilines is 2. The van der Waals surface area contributed by atoms with Gasteiger partial charge in [0, 0.05) is 42.2 Å². The quantitative estimate of drug-likeness (QED) is 0.619. The van der Waals surface area contributed by atoms with Crippen molar-refractivity contribution >= 4 is 35.1 Å². The number of thioether (sulfide) groups is 1. The molecule has 0 atom stereocenters. The van der Waals surface area contributed by atoms with E-state index in [-0.39, 0.29) is 11.9 Å². The van der Waals surface area contributed by atoms with Crippen LogP contribution in [0.1, 0.15) is 27.4 Å². The zero-order valence-electron chi connectivity index (χ0n) is 17.5. The first-order chi connectivity index (χ1) is 15.0. The molecule has 0 spiro atoms. The molecule has 1 aliphatic rings. The highest BCUT2D eigenvalue weighted by molar-refractivity contribution is 7.99. The van der Waals surface area contributed by atoms with Crippen molar-refractivity contribution in [3.63, 3.8) is 0 Å². The summed E-state index contributed by atoms with van der Waals surface area (Å²) in [7, 11) is 0. The zero-order valence-corrected chi connectivity index (χ0v) is 18.3. The summed E-state index contributed by atoms with van der Waals surface area (Å²) in [6, 6.07) is 12.4. The van der Waals surface area contributed by atoms with E-state index >= 15 is 0 Å². The predicted molar refractivity (Wildman–Crippen MR) is 122 cm³/mol. The summed E-state index contributed by atoms with van der Waals surface area (Å²) in [4.78, 5) is 31.8. The number of urea groups is 1. The summed E-state index contributed by atoms with van der Waals surface area (Å²) in [6.07, 6.45) is 2.23. The minimum atomic E-state index is -0.231. The average molecular weight is 437 g/mol. The number of benzene rings is 1. The SMILES string of the molecule is Cc1cc(C)c2c(n1)SCCN2C(=O)Nc1cccc(C(=O)NCCc2ccco2)c1. The number of carbonyl (C=O) groups excluding carboxylic acids is 2. The van der Waals surface area contributed by atoms with Crippen LogP contribution in [0.2, 0.25) is 0 Å². The Morgan fingerprint density at radius 1 is 1.19 bits per heavy atom. The van der Waals surface area contributed by atoms with Crippen LogP contribution in [-0.4, -0.2) is 35.8 Å². The molecule has 2 N–H and O–H groups in total. The largest absolute Gasteiger partial charge is 0.469 e. The first kappa shape index (κ1) is 21.0. The summed E-state index contributed by atoms with van der Waals surface area (Å²) in [5, 5.41) is 6.68. The number of carbonyl (C=O) groups is 2. The van der Waals surface area contributed by atoms with E-state index in [0.717, 1.165) is 33.5 Å². The number of pyridine rings is 1. The van der Waals surface area contributed by atoms with E-state index in [9.17, 15) is 9.59 Å². The maximum absolute atomic E-state index is 13.0. The number of rotatable bonds is 5. The van der Waals surface area contributed by atoms with Gasteiger partial charge in [0.25, 0.3) is 5.91 Å². The summed E-state index contributed by atoms with van der Waals surface area (Å²) < 4.78 is 5.27. The Labute approximate surface area is 185 Å². The third-order valence-corrected chi connectivity index (χ3v) is 5.91. The van der Waals surface area contributed by atoms with E-state index in [1.165, 1.54) is 0 Å². The lowest BCUT2D eigenvalue weighted by Gasteiger charge is -2.30. The number of nitrogens with one attached hydrogen (secondary N) is 2. The third kappa shape index (κ3) is 4.91. The minimum absolute atomic E-state index is 0.196. The summed E-state index contributed by atoms with van der Waals surface area (Å²) >= 11 is 1.66. The van der Waals surface area contributed by atoms with Gasteiger partial charge in [-0.3, -0.25) is 9.69 Å². The van der Waals surface area contributed by atoms with E-state index in [2.05, 4.69) is 15.6 Å². The van der Waals surface area contributed by atoms with E-state index < -0.39 is 0 Å². The zero-order chi connectivity index (χ0) is 21.8. The number of hydrogen-bond donors (Lipinski definition) is 2. The van der Waals surface area contributed by atoms with Gasteiger partial charge in [-0.1, -0.05) is 6.07 Å². The first-order valence-corrected chi connectivity index (χ1v) is 11.1. The standard InChI is InChI=1S/C23H24N4O3S/c1-15-13-16(2)25-22-20(15)27(10-12-31-22)23(29)26-18-6-3-5-17(14-18)21(28)24-9-8-19-7-4-11-30-19/h3-7,11,13-14H,8-10,12H2,1-2H3,(H,24,28)(H,26,29). The van der Waals surface area contributed by atoms with Gasteiger partial charge in [-0.2, -0.15) is 0 Å². The van der Waals surface area contributed by atoms with Crippen LogP contribution in [0.3, 0.4) is 0 Å². The van der Waals surface area contributed by atoms with Gasteiger partial charge in [0.1, 0.15) is 10.8 Å². The number of aromatic nitrogens is 1. The second-order valence-electron chi connectivity index (χ2n) is 7.33. The van der Waals surface area contributed by atoms with Gasteiger partial charge in [-0.25, -0.2) is 9.78 Å². The maximum Gasteiger partial charge on any atom is 0.326 e. The first-order valence-electron chi connectivity index (χ1n) is 10.1. The highest BCUT2D eigenvalue weighted by atomic mass is 32.2. The molecule has 3 amide bonds. The number of fused-ring (bicyclic) bond motifs is 1. The molecule has 4 rings (SSSR count). The van der Waals surface area contributed by atoms with E-state index in [4.69, 9.17) is 4.42 Å². The molecule has 160 valence electrons. The summed E-state index contributed by atoms with van der Waals surface area (Å²) in [5.41, 5.74) is 3.87. The molecule has 0 unspecified atom stereocenters. The Kier molecular flexibility index (Phi) is 6.27. The monoisotopic (exact) mass is 436 g/mol. The van der Waals surface area contributed by atoms with E-state index in [1.807, 2.05) is 32.0 Å². The highest BCUT2D eigenvalue weighted by Gasteiger charge is 2.26. The molecule has 3 heterocycles. The Bertz CT molecular complexity index is 1100. The van der Waals surface area contributed by atoms with Crippen molar-refractivity contribution in [3.05, 3.63) is 71.3 Å². The maximum atomic E-state index is 13.0. The summed E-state index contributed by atoms with van der Waals surface area (Å²) in [5.74, 6) is 1.41. The van der Waals surface area contributed by atoms with Gasteiger partial charge >= 0.3 is 6.03 Å². The van der Waals surface area contributed by atoms with Crippen LogP contribution in [0.15, 0.2) is 58.2 Å². The van der Waals surface area contributed by atoms with Gasteiger partial charge < -0.3 is 15.1 Å². The topological polar surface area (TPSA) is 87.5 Å². The van der Waals surface area contributed by atoms with Crippen LogP contribution in [0, 0.1) is 13.8 Å². The molecule has 31 heavy (non-hydrogen) atoms. The molecule has 7 nitrogen and oxygen atoms in total. The number of amides is 3. The van der Waals surface area contributed by atoms with Crippen molar-refractivity contribution < 1.29 is 14.0 Å². The van der Waals surface area contributed by atoms with Crippen LogP contribution in [0.25, 0.3) is 0 Å². The number of nitrogens with zero attached hydrogens (tertiary/aromatic N) is 2. The molecule has 3 aromatic rings. The normalized spacial score (nSPS) is 12.9. The molecule has 1 aromatic carbocycles. The van der Waals surface area contributed by atoms with E-state index in [0.29, 0.717) is 30.8 Å². The summed E-state index contributed by atoms with van der Waals surface area (Å²) in [6.45, 7) is 5.02. The van der Waals surface area contributed by atoms with Crippen molar-refractivity contribution in [1.29, 1.82) is 0 Å². The van der Waals surface area contributed by atoms with Crippen molar-refractivity contribution in [2.24, 2.45) is 0 Å². The van der Waals surface area contributed by atoms with Gasteiger partial charge in [0.05, 0.1) is 12.0 Å². The van der Waals surface area contributed by atoms with Gasteiger partial charge in [-0.15, -0.1) is 11.8 Å². The second kappa shape index (κ2) is 9.26. The lowest BCUT2D eigenvalue weighted by Crippen LogP contribution is -2.39. The molecule has 0 bridgehead atoms. The molecule has 1 aliphatic heterocycles. The van der Waals surface area contributed by atoms with Crippen LogP contribution >= 0.6 is 11.8 Å². The van der Waals surface area contributed by atoms with Crippen molar-refractivity contribution in [2.75, 3.05) is 29.1 Å². The Morgan fingerprint density at radius 2 is 2.06 bits per heavy atom. The van der Waals surface area contributed by atoms with Crippen molar-refractivity contribution in [3.8, 4) is 0 Å². The molecule has 0 aliphatic carbocycles. The van der Waals surface area contributed by atoms with Crippen LogP contribution in [0.4, 0.5) is 16.2 Å². The fourth-order valence-electron chi connectivity index (χ4n) is 3.56. The highest BCUT2D eigenvalue weighted by Crippen LogP contribution is 2.36. The van der Waals surface area contributed by atoms with Gasteiger partial charge in [0.2, 0.25) is 0 Å². The molecular weight excluding hydrogens is 412 g/mol. The van der Waals surface area contributed by atoms with Gasteiger partial charge in [-0.05, 0) is 55.8 Å². The van der Waals surface area contributed by atoms with Crippen LogP contribution < -0.4 is 15.5 Å². The lowest BCUT2D eigenvalue weighted by atomic mass is 10.2. The fourth-order valence-corrected chi connectivity index (χ4v) is 4.64. The number of hydrogen-bond acceptors (Lipinski definition) is 5. The third-order valence-electron chi connectivity index (χ3n) is 4.96. The van der Waals surface area contributed by atoms with Crippen LogP contribution in [0.5, 0.6) is 0 Å². The number of furan rings is 1. The molecule has 8 heteroatoms. The Hall–Kier alpha value is -3.26. The smallest absolute Gasteiger partial charge is 0.326 e. The predicted octanol–water partition coefficient (Wildman–Crippen LogP) is 4.41. The van der Waals surface area contributed by atoms with E-state index in [1.54, 1.807) is 47.2 Å². The fraction of sp³-hybridized carbons (Fsp3) is 0.261. The van der Waals surface area contributed by atoms with Crippen LogP contribution in [-0.2, 0) is 6.42 Å². The van der Waals surface area contributed by atoms with Crippen molar-refractivity contribution in [1.82, 2.24) is 10.3 Å². The van der Waals surface area contributed by atoms with Gasteiger partial charge in [0.15, 0.2) is 0 Å². The lowest BCUT2D eigenvalue weighted by molar-refractivity contribution is 0.0953. The second-order valence-corrected chi connectivity index (χ2v) is 8.41. The Balaban J connectivity index is 1.42. The molecule has 0 radical (unpaired) electrons. The molecule has 2 aromatic heterocycles.